The molecule has 0 amide bonds. The summed E-state index contributed by atoms with van der Waals surface area (Å²) in [5.74, 6) is -0.362. The van der Waals surface area contributed by atoms with Gasteiger partial charge in [0, 0.05) is 34.1 Å². The topological polar surface area (TPSA) is 95.9 Å². The number of carbonyl (C=O) groups is 1. The highest BCUT2D eigenvalue weighted by atomic mass is 35.5. The average molecular weight is 466 g/mol. The highest BCUT2D eigenvalue weighted by Crippen LogP contribution is 2.37. The second-order valence-electron chi connectivity index (χ2n) is 7.46. The van der Waals surface area contributed by atoms with E-state index < -0.39 is 0 Å². The Morgan fingerprint density at radius 3 is 2.55 bits per heavy atom. The van der Waals surface area contributed by atoms with Crippen LogP contribution in [-0.4, -0.2) is 32.8 Å². The monoisotopic (exact) mass is 465 g/mol. The minimum Gasteiger partial charge on any atom is -0.469 e. The summed E-state index contributed by atoms with van der Waals surface area (Å²) in [6.45, 7) is 2.23. The lowest BCUT2D eigenvalue weighted by Crippen LogP contribution is -2.07. The van der Waals surface area contributed by atoms with E-state index in [1.165, 1.54) is 19.2 Å². The van der Waals surface area contributed by atoms with Crippen molar-refractivity contribution in [3.8, 4) is 33.5 Å². The molecule has 2 N–H and O–H groups in total. The smallest absolute Gasteiger partial charge is 0.307 e. The van der Waals surface area contributed by atoms with Crippen LogP contribution in [0.4, 0.5) is 10.2 Å². The van der Waals surface area contributed by atoms with Gasteiger partial charge in [0.1, 0.15) is 16.8 Å². The van der Waals surface area contributed by atoms with Crippen molar-refractivity contribution in [2.45, 2.75) is 19.9 Å². The van der Waals surface area contributed by atoms with E-state index in [-0.39, 0.29) is 18.2 Å². The first-order valence-electron chi connectivity index (χ1n) is 10.1. The molecule has 9 heteroatoms. The molecule has 0 bridgehead atoms. The lowest BCUT2D eigenvalue weighted by Gasteiger charge is -2.14. The van der Waals surface area contributed by atoms with Crippen molar-refractivity contribution in [3.63, 3.8) is 0 Å². The average Bonchev–Trinajstić information content (AvgIpc) is 3.26. The number of benzene rings is 1. The van der Waals surface area contributed by atoms with Gasteiger partial charge in [-0.2, -0.15) is 5.10 Å². The largest absolute Gasteiger partial charge is 0.469 e. The summed E-state index contributed by atoms with van der Waals surface area (Å²) in [6.07, 6.45) is 3.66. The Morgan fingerprint density at radius 1 is 1.09 bits per heavy atom. The molecule has 0 aliphatic rings. The minimum atomic E-state index is -0.341. The van der Waals surface area contributed by atoms with Crippen molar-refractivity contribution < 1.29 is 13.9 Å². The first-order chi connectivity index (χ1) is 15.8. The van der Waals surface area contributed by atoms with Gasteiger partial charge < -0.3 is 10.5 Å². The van der Waals surface area contributed by atoms with Crippen molar-refractivity contribution in [2.75, 3.05) is 12.8 Å². The van der Waals surface area contributed by atoms with E-state index in [4.69, 9.17) is 17.3 Å². The van der Waals surface area contributed by atoms with Crippen LogP contribution >= 0.6 is 11.6 Å². The summed E-state index contributed by atoms with van der Waals surface area (Å²) in [7, 11) is 1.35. The predicted octanol–water partition coefficient (Wildman–Crippen LogP) is 4.92. The summed E-state index contributed by atoms with van der Waals surface area (Å²) in [6, 6.07) is 11.6. The molecule has 0 fully saturated rings. The molecular formula is C24H21ClFN5O2. The number of methoxy groups -OCH3 is 1. The molecular weight excluding hydrogens is 445 g/mol. The number of carbonyl (C=O) groups excluding carboxylic acids is 1. The fourth-order valence-electron chi connectivity index (χ4n) is 3.52. The molecule has 7 nitrogen and oxygen atoms in total. The molecule has 0 radical (unpaired) electrons. The fraction of sp³-hybridized carbons (Fsp3) is 0.167. The van der Waals surface area contributed by atoms with E-state index in [1.54, 1.807) is 35.3 Å². The van der Waals surface area contributed by atoms with Crippen molar-refractivity contribution >= 4 is 23.4 Å². The van der Waals surface area contributed by atoms with E-state index in [0.717, 1.165) is 22.4 Å². The van der Waals surface area contributed by atoms with Crippen molar-refractivity contribution in [3.05, 3.63) is 71.5 Å². The van der Waals surface area contributed by atoms with E-state index in [1.807, 2.05) is 19.1 Å². The number of aryl methyl sites for hydroxylation is 2. The van der Waals surface area contributed by atoms with Crippen LogP contribution in [0.3, 0.4) is 0 Å². The predicted molar refractivity (Wildman–Crippen MR) is 125 cm³/mol. The maximum absolute atomic E-state index is 13.5. The van der Waals surface area contributed by atoms with Gasteiger partial charge in [-0.25, -0.2) is 14.4 Å². The van der Waals surface area contributed by atoms with Gasteiger partial charge in [0.25, 0.3) is 0 Å². The zero-order valence-electron chi connectivity index (χ0n) is 18.0. The van der Waals surface area contributed by atoms with E-state index in [9.17, 15) is 9.18 Å². The van der Waals surface area contributed by atoms with Crippen LogP contribution in [0.5, 0.6) is 0 Å². The van der Waals surface area contributed by atoms with Gasteiger partial charge in [-0.15, -0.1) is 0 Å². The molecule has 0 spiro atoms. The van der Waals surface area contributed by atoms with Gasteiger partial charge in [-0.3, -0.25) is 9.48 Å². The summed E-state index contributed by atoms with van der Waals surface area (Å²) in [5.41, 5.74) is 11.4. The molecule has 3 heterocycles. The van der Waals surface area contributed by atoms with Crippen LogP contribution in [0.15, 0.2) is 54.9 Å². The number of hydrogen-bond acceptors (Lipinski definition) is 6. The van der Waals surface area contributed by atoms with E-state index in [0.29, 0.717) is 34.3 Å². The van der Waals surface area contributed by atoms with Gasteiger partial charge >= 0.3 is 5.97 Å². The third-order valence-electron chi connectivity index (χ3n) is 5.12. The number of halogens is 2. The number of ether oxygens (including phenoxy) is 1. The number of esters is 1. The Balaban J connectivity index is 1.83. The zero-order valence-corrected chi connectivity index (χ0v) is 18.8. The minimum absolute atomic E-state index is 0.203. The molecule has 168 valence electrons. The quantitative estimate of drug-likeness (QED) is 0.320. The molecule has 3 aromatic heterocycles. The first kappa shape index (κ1) is 22.4. The standard InChI is InChI=1S/C24H21ClFN5O2/c1-14-9-16(10-21(25)29-14)19-11-20(17-12-28-31(13-17)8-7-22(32)33-2)24(27)30-23(19)15-3-5-18(26)6-4-15/h3-6,9-13H,7-8H2,1-2H3,(H2,27,30). The molecule has 0 aliphatic heterocycles. The summed E-state index contributed by atoms with van der Waals surface area (Å²) in [4.78, 5) is 20.3. The summed E-state index contributed by atoms with van der Waals surface area (Å²) in [5, 5.41) is 4.66. The molecule has 0 saturated carbocycles. The Labute approximate surface area is 195 Å². The van der Waals surface area contributed by atoms with Crippen LogP contribution in [-0.2, 0) is 16.1 Å². The second kappa shape index (κ2) is 9.38. The van der Waals surface area contributed by atoms with Crippen LogP contribution in [0.25, 0.3) is 33.5 Å². The summed E-state index contributed by atoms with van der Waals surface area (Å²) < 4.78 is 19.9. The first-order valence-corrected chi connectivity index (χ1v) is 10.5. The van der Waals surface area contributed by atoms with Crippen molar-refractivity contribution in [1.29, 1.82) is 0 Å². The number of hydrogen-bond donors (Lipinski definition) is 1. The van der Waals surface area contributed by atoms with E-state index >= 15 is 0 Å². The number of nitrogens with zero attached hydrogens (tertiary/aromatic N) is 4. The van der Waals surface area contributed by atoms with Crippen LogP contribution in [0.2, 0.25) is 5.15 Å². The molecule has 1 aromatic carbocycles. The van der Waals surface area contributed by atoms with Gasteiger partial charge in [0.05, 0.1) is 32.0 Å². The highest BCUT2D eigenvalue weighted by molar-refractivity contribution is 6.29. The van der Waals surface area contributed by atoms with Crippen molar-refractivity contribution in [2.24, 2.45) is 0 Å². The highest BCUT2D eigenvalue weighted by Gasteiger charge is 2.17. The third kappa shape index (κ3) is 5.01. The molecule has 0 aliphatic carbocycles. The Bertz CT molecular complexity index is 1300. The van der Waals surface area contributed by atoms with Crippen LogP contribution in [0, 0.1) is 12.7 Å². The SMILES string of the molecule is COC(=O)CCn1cc(-c2cc(-c3cc(C)nc(Cl)c3)c(-c3ccc(F)cc3)nc2N)cn1. The lowest BCUT2D eigenvalue weighted by molar-refractivity contribution is -0.140. The van der Waals surface area contributed by atoms with Crippen molar-refractivity contribution in [1.82, 2.24) is 19.7 Å². The third-order valence-corrected chi connectivity index (χ3v) is 5.31. The number of nitrogen functional groups attached to an aromatic ring is 1. The molecule has 33 heavy (non-hydrogen) atoms. The van der Waals surface area contributed by atoms with Gasteiger partial charge in [0.15, 0.2) is 0 Å². The maximum Gasteiger partial charge on any atom is 0.307 e. The van der Waals surface area contributed by atoms with E-state index in [2.05, 4.69) is 19.8 Å². The summed E-state index contributed by atoms with van der Waals surface area (Å²) >= 11 is 6.23. The molecule has 0 saturated heterocycles. The van der Waals surface area contributed by atoms with Gasteiger partial charge in [-0.1, -0.05) is 11.6 Å². The molecule has 4 aromatic rings. The Hall–Kier alpha value is -3.78. The Morgan fingerprint density at radius 2 is 1.85 bits per heavy atom. The number of pyridine rings is 2. The van der Waals surface area contributed by atoms with Crippen LogP contribution < -0.4 is 5.73 Å². The van der Waals surface area contributed by atoms with Gasteiger partial charge in [0.2, 0.25) is 0 Å². The number of anilines is 1. The number of nitrogens with two attached hydrogens (primary N) is 1. The molecule has 4 rings (SSSR count). The normalized spacial score (nSPS) is 10.9. The van der Waals surface area contributed by atoms with Gasteiger partial charge in [-0.05, 0) is 55.0 Å². The van der Waals surface area contributed by atoms with Crippen LogP contribution in [0.1, 0.15) is 12.1 Å². The zero-order chi connectivity index (χ0) is 23.5. The number of aromatic nitrogens is 4. The maximum atomic E-state index is 13.5. The second-order valence-corrected chi connectivity index (χ2v) is 7.85. The molecule has 0 unspecified atom stereocenters. The number of rotatable bonds is 6. The lowest BCUT2D eigenvalue weighted by atomic mass is 9.96. The fourth-order valence-corrected chi connectivity index (χ4v) is 3.77. The molecule has 0 atom stereocenters. The Kier molecular flexibility index (Phi) is 6.37.